The van der Waals surface area contributed by atoms with Crippen LogP contribution in [-0.4, -0.2) is 39.0 Å². The van der Waals surface area contributed by atoms with E-state index in [9.17, 15) is 4.79 Å². The van der Waals surface area contributed by atoms with Crippen LogP contribution in [0.4, 0.5) is 0 Å². The van der Waals surface area contributed by atoms with Gasteiger partial charge in [-0.1, -0.05) is 27.2 Å². The maximum Gasteiger partial charge on any atom is 0.138 e. The van der Waals surface area contributed by atoms with Crippen molar-refractivity contribution in [1.82, 2.24) is 5.32 Å². The molecule has 0 bridgehead atoms. The molecular weight excluding hydrogens is 224 g/mol. The second kappa shape index (κ2) is 7.90. The van der Waals surface area contributed by atoms with E-state index in [4.69, 9.17) is 0 Å². The number of Topliss-reactive ketones (excluding diaryl/α,β-unsaturated/α-hetero) is 1. The molecule has 1 aliphatic heterocycles. The lowest BCUT2D eigenvalue weighted by Gasteiger charge is -2.29. The van der Waals surface area contributed by atoms with Crippen LogP contribution in [0.3, 0.4) is 0 Å². The minimum atomic E-state index is 0.192. The van der Waals surface area contributed by atoms with E-state index in [-0.39, 0.29) is 5.92 Å². The molecule has 1 saturated heterocycles. The van der Waals surface area contributed by atoms with Crippen molar-refractivity contribution in [3.63, 3.8) is 0 Å². The van der Waals surface area contributed by atoms with E-state index in [0.29, 0.717) is 11.7 Å². The molecule has 0 radical (unpaired) electrons. The summed E-state index contributed by atoms with van der Waals surface area (Å²) in [7, 11) is 2.27. The summed E-state index contributed by atoms with van der Waals surface area (Å²) in [6, 6.07) is 0. The van der Waals surface area contributed by atoms with E-state index in [0.717, 1.165) is 31.7 Å². The van der Waals surface area contributed by atoms with E-state index in [1.807, 2.05) is 13.8 Å². The fourth-order valence-corrected chi connectivity index (χ4v) is 2.76. The SMILES string of the molecule is CCCC(CC[NH+](C)CC1CNC1)C(=O)C(C)C. The van der Waals surface area contributed by atoms with E-state index in [2.05, 4.69) is 19.3 Å². The van der Waals surface area contributed by atoms with Crippen molar-refractivity contribution in [2.24, 2.45) is 17.8 Å². The average Bonchev–Trinajstić information content (AvgIpc) is 2.28. The van der Waals surface area contributed by atoms with Crippen LogP contribution in [0, 0.1) is 17.8 Å². The molecule has 106 valence electrons. The summed E-state index contributed by atoms with van der Waals surface area (Å²) >= 11 is 0. The first-order valence-electron chi connectivity index (χ1n) is 7.60. The molecule has 0 aliphatic carbocycles. The Morgan fingerprint density at radius 3 is 2.44 bits per heavy atom. The fourth-order valence-electron chi connectivity index (χ4n) is 2.76. The summed E-state index contributed by atoms with van der Waals surface area (Å²) in [5.41, 5.74) is 0. The smallest absolute Gasteiger partial charge is 0.138 e. The number of nitrogens with one attached hydrogen (secondary N) is 2. The van der Waals surface area contributed by atoms with E-state index in [1.54, 1.807) is 4.90 Å². The summed E-state index contributed by atoms with van der Waals surface area (Å²) < 4.78 is 0. The predicted molar refractivity (Wildman–Crippen MR) is 75.8 cm³/mol. The normalized spacial score (nSPS) is 19.6. The first-order chi connectivity index (χ1) is 8.54. The summed E-state index contributed by atoms with van der Waals surface area (Å²) in [5.74, 6) is 1.81. The minimum absolute atomic E-state index is 0.192. The van der Waals surface area contributed by atoms with Crippen LogP contribution in [0.1, 0.15) is 40.0 Å². The molecule has 1 rings (SSSR count). The van der Waals surface area contributed by atoms with Gasteiger partial charge in [0.05, 0.1) is 20.1 Å². The summed E-state index contributed by atoms with van der Waals surface area (Å²) in [5, 5.41) is 3.32. The maximum absolute atomic E-state index is 12.1. The van der Waals surface area contributed by atoms with Gasteiger partial charge in [0.25, 0.3) is 0 Å². The van der Waals surface area contributed by atoms with E-state index >= 15 is 0 Å². The van der Waals surface area contributed by atoms with Crippen molar-refractivity contribution >= 4 is 5.78 Å². The number of hydrogen-bond donors (Lipinski definition) is 2. The number of ketones is 1. The van der Waals surface area contributed by atoms with E-state index < -0.39 is 0 Å². The molecule has 0 aromatic carbocycles. The average molecular weight is 255 g/mol. The van der Waals surface area contributed by atoms with Crippen molar-refractivity contribution in [3.05, 3.63) is 0 Å². The van der Waals surface area contributed by atoms with Crippen LogP contribution in [0.25, 0.3) is 0 Å². The van der Waals surface area contributed by atoms with Gasteiger partial charge in [-0.2, -0.15) is 0 Å². The Morgan fingerprint density at radius 2 is 2.00 bits per heavy atom. The van der Waals surface area contributed by atoms with Crippen LogP contribution in [0.5, 0.6) is 0 Å². The molecule has 0 spiro atoms. The van der Waals surface area contributed by atoms with Gasteiger partial charge in [0.15, 0.2) is 0 Å². The van der Waals surface area contributed by atoms with Crippen molar-refractivity contribution in [1.29, 1.82) is 0 Å². The third-order valence-corrected chi connectivity index (χ3v) is 4.03. The monoisotopic (exact) mass is 255 g/mol. The highest BCUT2D eigenvalue weighted by Gasteiger charge is 2.24. The Hall–Kier alpha value is -0.410. The Bertz CT molecular complexity index is 249. The molecule has 2 unspecified atom stereocenters. The quantitative estimate of drug-likeness (QED) is 0.637. The second-order valence-electron chi connectivity index (χ2n) is 6.27. The number of carbonyl (C=O) groups excluding carboxylic acids is 1. The molecule has 1 fully saturated rings. The molecule has 3 heteroatoms. The van der Waals surface area contributed by atoms with Crippen LogP contribution in [0.15, 0.2) is 0 Å². The molecule has 2 atom stereocenters. The molecule has 0 aromatic rings. The molecule has 18 heavy (non-hydrogen) atoms. The minimum Gasteiger partial charge on any atom is -0.337 e. The third-order valence-electron chi connectivity index (χ3n) is 4.03. The molecule has 1 heterocycles. The van der Waals surface area contributed by atoms with Crippen molar-refractivity contribution < 1.29 is 9.69 Å². The summed E-state index contributed by atoms with van der Waals surface area (Å²) in [4.78, 5) is 13.7. The number of rotatable bonds is 9. The number of carbonyl (C=O) groups is 1. The van der Waals surface area contributed by atoms with Gasteiger partial charge >= 0.3 is 0 Å². The Kier molecular flexibility index (Phi) is 6.87. The highest BCUT2D eigenvalue weighted by atomic mass is 16.1. The van der Waals surface area contributed by atoms with Crippen LogP contribution >= 0.6 is 0 Å². The van der Waals surface area contributed by atoms with Gasteiger partial charge < -0.3 is 10.2 Å². The third kappa shape index (κ3) is 5.07. The van der Waals surface area contributed by atoms with Crippen LogP contribution < -0.4 is 10.2 Å². The highest BCUT2D eigenvalue weighted by Crippen LogP contribution is 2.16. The lowest BCUT2D eigenvalue weighted by molar-refractivity contribution is -0.884. The van der Waals surface area contributed by atoms with Crippen molar-refractivity contribution in [3.8, 4) is 0 Å². The standard InChI is InChI=1S/C15H30N2O/c1-5-6-14(15(18)12(2)3)7-8-17(4)11-13-9-16-10-13/h12-14,16H,5-11H2,1-4H3/p+1. The van der Waals surface area contributed by atoms with E-state index in [1.165, 1.54) is 19.6 Å². The molecule has 3 nitrogen and oxygen atoms in total. The molecule has 2 N–H and O–H groups in total. The van der Waals surface area contributed by atoms with Gasteiger partial charge in [0.2, 0.25) is 0 Å². The Morgan fingerprint density at radius 1 is 1.33 bits per heavy atom. The van der Waals surface area contributed by atoms with Gasteiger partial charge in [-0.25, -0.2) is 0 Å². The van der Waals surface area contributed by atoms with Crippen molar-refractivity contribution in [2.45, 2.75) is 40.0 Å². The van der Waals surface area contributed by atoms with Crippen molar-refractivity contribution in [2.75, 3.05) is 33.2 Å². The Labute approximate surface area is 112 Å². The highest BCUT2D eigenvalue weighted by molar-refractivity contribution is 5.82. The van der Waals surface area contributed by atoms with Gasteiger partial charge in [-0.05, 0) is 6.42 Å². The van der Waals surface area contributed by atoms with Gasteiger partial charge in [-0.3, -0.25) is 4.79 Å². The largest absolute Gasteiger partial charge is 0.337 e. The number of quaternary nitrogens is 1. The fraction of sp³-hybridized carbons (Fsp3) is 0.933. The van der Waals surface area contributed by atoms with Crippen LogP contribution in [-0.2, 0) is 4.79 Å². The summed E-state index contributed by atoms with van der Waals surface area (Å²) in [6.07, 6.45) is 3.25. The zero-order chi connectivity index (χ0) is 13.5. The molecule has 0 saturated carbocycles. The topological polar surface area (TPSA) is 33.5 Å². The van der Waals surface area contributed by atoms with Crippen LogP contribution in [0.2, 0.25) is 0 Å². The maximum atomic E-state index is 12.1. The molecular formula is C15H31N2O+. The lowest BCUT2D eigenvalue weighted by Crippen LogP contribution is -3.10. The first-order valence-corrected chi connectivity index (χ1v) is 7.60. The molecule has 1 aliphatic rings. The van der Waals surface area contributed by atoms with Gasteiger partial charge in [-0.15, -0.1) is 0 Å². The Balaban J connectivity index is 2.28. The van der Waals surface area contributed by atoms with Gasteiger partial charge in [0, 0.05) is 37.3 Å². The first kappa shape index (κ1) is 15.6. The predicted octanol–water partition coefficient (Wildman–Crippen LogP) is 0.752. The zero-order valence-electron chi connectivity index (χ0n) is 12.6. The zero-order valence-corrected chi connectivity index (χ0v) is 12.6. The van der Waals surface area contributed by atoms with Gasteiger partial charge in [0.1, 0.15) is 5.78 Å². The molecule has 0 amide bonds. The lowest BCUT2D eigenvalue weighted by atomic mass is 9.88. The molecule has 0 aromatic heterocycles. The number of hydrogen-bond acceptors (Lipinski definition) is 2. The second-order valence-corrected chi connectivity index (χ2v) is 6.27. The summed E-state index contributed by atoms with van der Waals surface area (Å²) in [6.45, 7) is 11.0.